The van der Waals surface area contributed by atoms with Crippen LogP contribution in [0.4, 0.5) is 10.1 Å². The summed E-state index contributed by atoms with van der Waals surface area (Å²) in [6.07, 6.45) is 1.22. The minimum Gasteiger partial charge on any atom is -0.477 e. The minimum absolute atomic E-state index is 0.0858. The zero-order valence-electron chi connectivity index (χ0n) is 15.2. The molecule has 3 rings (SSSR count). The van der Waals surface area contributed by atoms with E-state index in [0.717, 1.165) is 24.1 Å². The number of carbonyl (C=O) groups is 1. The maximum Gasteiger partial charge on any atom is 0.263 e. The van der Waals surface area contributed by atoms with Gasteiger partial charge in [-0.15, -0.1) is 0 Å². The quantitative estimate of drug-likeness (QED) is 0.854. The molecule has 1 unspecified atom stereocenters. The Morgan fingerprint density at radius 2 is 1.88 bits per heavy atom. The molecule has 4 nitrogen and oxygen atoms in total. The lowest BCUT2D eigenvalue weighted by atomic mass is 10.1. The van der Waals surface area contributed by atoms with Crippen LogP contribution < -0.4 is 15.0 Å². The summed E-state index contributed by atoms with van der Waals surface area (Å²) >= 11 is 0. The van der Waals surface area contributed by atoms with Gasteiger partial charge in [0.2, 0.25) is 0 Å². The molecule has 0 aliphatic carbocycles. The van der Waals surface area contributed by atoms with Crippen molar-refractivity contribution in [3.05, 3.63) is 59.9 Å². The lowest BCUT2D eigenvalue weighted by Crippen LogP contribution is -2.50. The van der Waals surface area contributed by atoms with Crippen molar-refractivity contribution in [3.63, 3.8) is 0 Å². The molecular formula is C21H25FN2O2. The predicted molar refractivity (Wildman–Crippen MR) is 101 cm³/mol. The Balaban J connectivity index is 1.79. The number of hydrogen-bond acceptors (Lipinski definition) is 3. The highest BCUT2D eigenvalue weighted by molar-refractivity contribution is 5.83. The van der Waals surface area contributed by atoms with Gasteiger partial charge >= 0.3 is 0 Å². The van der Waals surface area contributed by atoms with Crippen LogP contribution in [0, 0.1) is 5.82 Å². The molecule has 1 amide bonds. The van der Waals surface area contributed by atoms with Gasteiger partial charge in [0.15, 0.2) is 6.10 Å². The smallest absolute Gasteiger partial charge is 0.263 e. The van der Waals surface area contributed by atoms with Crippen LogP contribution in [0.3, 0.4) is 0 Å². The number of fused-ring (bicyclic) bond motifs is 1. The average molecular weight is 356 g/mol. The van der Waals surface area contributed by atoms with Gasteiger partial charge in [0.05, 0.1) is 12.2 Å². The van der Waals surface area contributed by atoms with Crippen LogP contribution in [0.5, 0.6) is 5.75 Å². The highest BCUT2D eigenvalue weighted by atomic mass is 19.1. The summed E-state index contributed by atoms with van der Waals surface area (Å²) in [4.78, 5) is 14.8. The summed E-state index contributed by atoms with van der Waals surface area (Å²) in [7, 11) is 0. The molecule has 26 heavy (non-hydrogen) atoms. The number of ether oxygens (including phenoxy) is 1. The zero-order chi connectivity index (χ0) is 18.5. The van der Waals surface area contributed by atoms with Gasteiger partial charge in [-0.3, -0.25) is 4.79 Å². The number of para-hydroxylation sites is 2. The van der Waals surface area contributed by atoms with Crippen molar-refractivity contribution < 1.29 is 13.9 Å². The van der Waals surface area contributed by atoms with E-state index in [1.165, 1.54) is 12.1 Å². The number of rotatable bonds is 6. The van der Waals surface area contributed by atoms with Gasteiger partial charge in [-0.2, -0.15) is 0 Å². The molecule has 0 aromatic heterocycles. The Morgan fingerprint density at radius 3 is 2.58 bits per heavy atom. The third-order valence-electron chi connectivity index (χ3n) is 4.77. The number of amides is 1. The van der Waals surface area contributed by atoms with E-state index in [9.17, 15) is 9.18 Å². The van der Waals surface area contributed by atoms with Crippen molar-refractivity contribution in [2.75, 3.05) is 11.4 Å². The Morgan fingerprint density at radius 1 is 1.19 bits per heavy atom. The monoisotopic (exact) mass is 356 g/mol. The summed E-state index contributed by atoms with van der Waals surface area (Å²) in [6.45, 7) is 5.18. The van der Waals surface area contributed by atoms with Crippen LogP contribution in [0.15, 0.2) is 48.5 Å². The van der Waals surface area contributed by atoms with Crippen LogP contribution in [0.25, 0.3) is 0 Å². The van der Waals surface area contributed by atoms with E-state index in [-0.39, 0.29) is 17.8 Å². The molecule has 1 N–H and O–H groups in total. The van der Waals surface area contributed by atoms with Crippen molar-refractivity contribution in [1.29, 1.82) is 0 Å². The molecule has 0 fully saturated rings. The number of carbonyl (C=O) groups excluding carboxylic acids is 1. The SMILES string of the molecule is CCC(CC)NC(=O)C1CN(Cc2ccc(F)cc2)c2ccccc2O1. The molecule has 0 bridgehead atoms. The molecule has 1 aliphatic heterocycles. The number of hydrogen-bond donors (Lipinski definition) is 1. The summed E-state index contributed by atoms with van der Waals surface area (Å²) in [5, 5.41) is 3.07. The van der Waals surface area contributed by atoms with Gasteiger partial charge in [-0.05, 0) is 42.7 Å². The minimum atomic E-state index is -0.564. The highest BCUT2D eigenvalue weighted by Gasteiger charge is 2.31. The lowest BCUT2D eigenvalue weighted by Gasteiger charge is -2.36. The fourth-order valence-corrected chi connectivity index (χ4v) is 3.19. The van der Waals surface area contributed by atoms with Gasteiger partial charge in [0, 0.05) is 12.6 Å². The number of anilines is 1. The molecule has 2 aromatic rings. The number of nitrogens with one attached hydrogen (secondary N) is 1. The Labute approximate surface area is 154 Å². The van der Waals surface area contributed by atoms with E-state index in [0.29, 0.717) is 18.8 Å². The lowest BCUT2D eigenvalue weighted by molar-refractivity contribution is -0.128. The number of halogens is 1. The summed E-state index contributed by atoms with van der Waals surface area (Å²) < 4.78 is 19.1. The van der Waals surface area contributed by atoms with Crippen molar-refractivity contribution in [2.24, 2.45) is 0 Å². The third-order valence-corrected chi connectivity index (χ3v) is 4.77. The van der Waals surface area contributed by atoms with E-state index < -0.39 is 6.10 Å². The summed E-state index contributed by atoms with van der Waals surface area (Å²) in [5.74, 6) is 0.362. The molecule has 2 aromatic carbocycles. The maximum absolute atomic E-state index is 13.2. The molecule has 0 saturated heterocycles. The van der Waals surface area contributed by atoms with E-state index >= 15 is 0 Å². The van der Waals surface area contributed by atoms with Gasteiger partial charge < -0.3 is 15.0 Å². The standard InChI is InChI=1S/C21H25FN2O2/c1-3-17(4-2)23-21(25)20-14-24(13-15-9-11-16(22)12-10-15)18-7-5-6-8-19(18)26-20/h5-12,17,20H,3-4,13-14H2,1-2H3,(H,23,25). The molecule has 1 atom stereocenters. The topological polar surface area (TPSA) is 41.6 Å². The Kier molecular flexibility index (Phi) is 5.76. The first-order valence-electron chi connectivity index (χ1n) is 9.16. The average Bonchev–Trinajstić information content (AvgIpc) is 2.67. The van der Waals surface area contributed by atoms with E-state index in [1.807, 2.05) is 24.3 Å². The van der Waals surface area contributed by atoms with Crippen molar-refractivity contribution in [1.82, 2.24) is 5.32 Å². The Hall–Kier alpha value is -2.56. The van der Waals surface area contributed by atoms with E-state index in [2.05, 4.69) is 24.1 Å². The molecule has 138 valence electrons. The van der Waals surface area contributed by atoms with Crippen LogP contribution >= 0.6 is 0 Å². The molecule has 1 heterocycles. The molecule has 0 spiro atoms. The number of nitrogens with zero attached hydrogens (tertiary/aromatic N) is 1. The van der Waals surface area contributed by atoms with Crippen LogP contribution in [-0.4, -0.2) is 24.6 Å². The second-order valence-corrected chi connectivity index (χ2v) is 6.60. The summed E-state index contributed by atoms with van der Waals surface area (Å²) in [5.41, 5.74) is 1.94. The van der Waals surface area contributed by atoms with Crippen LogP contribution in [-0.2, 0) is 11.3 Å². The molecule has 0 radical (unpaired) electrons. The summed E-state index contributed by atoms with van der Waals surface area (Å²) in [6, 6.07) is 14.3. The first-order valence-corrected chi connectivity index (χ1v) is 9.16. The van der Waals surface area contributed by atoms with Crippen molar-refractivity contribution in [2.45, 2.75) is 45.4 Å². The van der Waals surface area contributed by atoms with Crippen LogP contribution in [0.1, 0.15) is 32.3 Å². The highest BCUT2D eigenvalue weighted by Crippen LogP contribution is 2.34. The predicted octanol–water partition coefficient (Wildman–Crippen LogP) is 3.90. The second kappa shape index (κ2) is 8.21. The number of benzene rings is 2. The van der Waals surface area contributed by atoms with E-state index in [4.69, 9.17) is 4.74 Å². The van der Waals surface area contributed by atoms with Crippen LogP contribution in [0.2, 0.25) is 0 Å². The largest absolute Gasteiger partial charge is 0.477 e. The fourth-order valence-electron chi connectivity index (χ4n) is 3.19. The Bertz CT molecular complexity index is 744. The fraction of sp³-hybridized carbons (Fsp3) is 0.381. The van der Waals surface area contributed by atoms with Crippen molar-refractivity contribution >= 4 is 11.6 Å². The van der Waals surface area contributed by atoms with Gasteiger partial charge in [-0.25, -0.2) is 4.39 Å². The maximum atomic E-state index is 13.2. The molecule has 0 saturated carbocycles. The van der Waals surface area contributed by atoms with Gasteiger partial charge in [-0.1, -0.05) is 38.1 Å². The molecule has 5 heteroatoms. The molecular weight excluding hydrogens is 331 g/mol. The second-order valence-electron chi connectivity index (χ2n) is 6.60. The van der Waals surface area contributed by atoms with E-state index in [1.54, 1.807) is 12.1 Å². The normalized spacial score (nSPS) is 16.2. The first kappa shape index (κ1) is 18.2. The third kappa shape index (κ3) is 4.15. The van der Waals surface area contributed by atoms with Crippen molar-refractivity contribution in [3.8, 4) is 5.75 Å². The zero-order valence-corrected chi connectivity index (χ0v) is 15.2. The van der Waals surface area contributed by atoms with Gasteiger partial charge in [0.25, 0.3) is 5.91 Å². The first-order chi connectivity index (χ1) is 12.6. The molecule has 1 aliphatic rings. The van der Waals surface area contributed by atoms with Gasteiger partial charge in [0.1, 0.15) is 11.6 Å².